The monoisotopic (exact) mass is 297 g/mol. The van der Waals surface area contributed by atoms with Crippen LogP contribution in [0.2, 0.25) is 0 Å². The molecule has 1 aliphatic heterocycles. The molecule has 1 heterocycles. The predicted octanol–water partition coefficient (Wildman–Crippen LogP) is 3.65. The number of amides is 1. The second-order valence-corrected chi connectivity index (χ2v) is 6.34. The van der Waals surface area contributed by atoms with Gasteiger partial charge in [-0.05, 0) is 24.0 Å². The fourth-order valence-electron chi connectivity index (χ4n) is 2.35. The van der Waals surface area contributed by atoms with Gasteiger partial charge in [-0.15, -0.1) is 23.4 Å². The molecule has 1 aromatic carbocycles. The number of rotatable bonds is 6. The normalized spacial score (nSPS) is 18.9. The molecule has 19 heavy (non-hydrogen) atoms. The van der Waals surface area contributed by atoms with E-state index < -0.39 is 0 Å². The van der Waals surface area contributed by atoms with E-state index in [1.807, 2.05) is 12.1 Å². The van der Waals surface area contributed by atoms with E-state index in [4.69, 9.17) is 11.6 Å². The Morgan fingerprint density at radius 1 is 1.53 bits per heavy atom. The zero-order chi connectivity index (χ0) is 13.7. The van der Waals surface area contributed by atoms with Gasteiger partial charge in [-0.1, -0.05) is 31.5 Å². The maximum atomic E-state index is 12.3. The van der Waals surface area contributed by atoms with E-state index in [0.717, 1.165) is 25.1 Å². The molecular formula is C15H20ClNOS. The van der Waals surface area contributed by atoms with Gasteiger partial charge in [0, 0.05) is 23.1 Å². The summed E-state index contributed by atoms with van der Waals surface area (Å²) in [6, 6.07) is 8.19. The fourth-order valence-corrected chi connectivity index (χ4v) is 3.89. The number of thioether (sulfide) groups is 1. The summed E-state index contributed by atoms with van der Waals surface area (Å²) in [5.41, 5.74) is 1.18. The highest BCUT2D eigenvalue weighted by atomic mass is 35.5. The molecule has 0 bridgehead atoms. The topological polar surface area (TPSA) is 29.1 Å². The summed E-state index contributed by atoms with van der Waals surface area (Å²) in [7, 11) is 0. The van der Waals surface area contributed by atoms with Crippen molar-refractivity contribution in [3.8, 4) is 0 Å². The third-order valence-corrected chi connectivity index (χ3v) is 5.08. The number of alkyl halides is 1. The van der Waals surface area contributed by atoms with E-state index in [1.165, 1.54) is 10.5 Å². The first kappa shape index (κ1) is 14.7. The molecule has 0 radical (unpaired) electrons. The van der Waals surface area contributed by atoms with Gasteiger partial charge in [0.1, 0.15) is 0 Å². The molecule has 0 aliphatic carbocycles. The van der Waals surface area contributed by atoms with Gasteiger partial charge in [-0.3, -0.25) is 4.79 Å². The molecule has 1 aliphatic rings. The van der Waals surface area contributed by atoms with Crippen molar-refractivity contribution in [1.82, 2.24) is 5.32 Å². The Kier molecular flexibility index (Phi) is 5.59. The minimum Gasteiger partial charge on any atom is -0.355 e. The Bertz CT molecular complexity index is 438. The summed E-state index contributed by atoms with van der Waals surface area (Å²) in [4.78, 5) is 13.5. The predicted molar refractivity (Wildman–Crippen MR) is 82.0 cm³/mol. The van der Waals surface area contributed by atoms with Crippen LogP contribution in [0.4, 0.5) is 0 Å². The van der Waals surface area contributed by atoms with E-state index in [1.54, 1.807) is 11.8 Å². The lowest BCUT2D eigenvalue weighted by atomic mass is 9.99. The lowest BCUT2D eigenvalue weighted by Crippen LogP contribution is -2.33. The van der Waals surface area contributed by atoms with Gasteiger partial charge in [0.2, 0.25) is 5.91 Å². The number of hydrogen-bond acceptors (Lipinski definition) is 2. The Balaban J connectivity index is 1.91. The van der Waals surface area contributed by atoms with E-state index in [-0.39, 0.29) is 11.8 Å². The summed E-state index contributed by atoms with van der Waals surface area (Å²) in [6.07, 6.45) is 2.03. The van der Waals surface area contributed by atoms with E-state index in [2.05, 4.69) is 24.4 Å². The first-order valence-corrected chi connectivity index (χ1v) is 8.33. The van der Waals surface area contributed by atoms with Crippen LogP contribution in [0.25, 0.3) is 0 Å². The number of carbonyl (C=O) groups is 1. The van der Waals surface area contributed by atoms with Gasteiger partial charge in [0.15, 0.2) is 0 Å². The average molecular weight is 298 g/mol. The van der Waals surface area contributed by atoms with Gasteiger partial charge in [0.25, 0.3) is 0 Å². The van der Waals surface area contributed by atoms with Crippen LogP contribution in [-0.4, -0.2) is 24.1 Å². The van der Waals surface area contributed by atoms with Crippen molar-refractivity contribution in [3.63, 3.8) is 0 Å². The Morgan fingerprint density at radius 2 is 2.32 bits per heavy atom. The molecule has 2 unspecified atom stereocenters. The molecule has 2 rings (SSSR count). The highest BCUT2D eigenvalue weighted by molar-refractivity contribution is 7.99. The Morgan fingerprint density at radius 3 is 3.05 bits per heavy atom. The highest BCUT2D eigenvalue weighted by Gasteiger charge is 2.28. The molecule has 2 nitrogen and oxygen atoms in total. The van der Waals surface area contributed by atoms with E-state index in [9.17, 15) is 4.79 Å². The number of halogens is 1. The van der Waals surface area contributed by atoms with Crippen LogP contribution in [0.5, 0.6) is 0 Å². The third kappa shape index (κ3) is 3.67. The summed E-state index contributed by atoms with van der Waals surface area (Å²) >= 11 is 7.54. The number of fused-ring (bicyclic) bond motifs is 1. The molecule has 0 fully saturated rings. The molecule has 4 heteroatoms. The SMILES string of the molecule is CCC(CCCl)CNC(=O)C1CSc2ccccc21. The lowest BCUT2D eigenvalue weighted by Gasteiger charge is -2.16. The molecule has 2 atom stereocenters. The molecule has 0 spiro atoms. The zero-order valence-electron chi connectivity index (χ0n) is 11.2. The minimum atomic E-state index is 0.00899. The number of hydrogen-bond donors (Lipinski definition) is 1. The van der Waals surface area contributed by atoms with Crippen LogP contribution in [0.1, 0.15) is 31.2 Å². The van der Waals surface area contributed by atoms with Crippen LogP contribution in [0, 0.1) is 5.92 Å². The summed E-state index contributed by atoms with van der Waals surface area (Å²) in [5.74, 6) is 2.18. The molecule has 1 aromatic rings. The second kappa shape index (κ2) is 7.20. The quantitative estimate of drug-likeness (QED) is 0.812. The zero-order valence-corrected chi connectivity index (χ0v) is 12.8. The molecule has 0 saturated heterocycles. The number of nitrogens with one attached hydrogen (secondary N) is 1. The van der Waals surface area contributed by atoms with Crippen molar-refractivity contribution in [2.45, 2.75) is 30.6 Å². The van der Waals surface area contributed by atoms with Crippen molar-refractivity contribution in [2.24, 2.45) is 5.92 Å². The van der Waals surface area contributed by atoms with Crippen LogP contribution >= 0.6 is 23.4 Å². The van der Waals surface area contributed by atoms with Crippen LogP contribution < -0.4 is 5.32 Å². The molecule has 0 saturated carbocycles. The minimum absolute atomic E-state index is 0.00899. The third-order valence-electron chi connectivity index (χ3n) is 3.68. The van der Waals surface area contributed by atoms with Crippen LogP contribution in [0.15, 0.2) is 29.2 Å². The van der Waals surface area contributed by atoms with Gasteiger partial charge < -0.3 is 5.32 Å². The standard InChI is InChI=1S/C15H20ClNOS/c1-2-11(7-8-16)9-17-15(18)13-10-19-14-6-4-3-5-12(13)14/h3-6,11,13H,2,7-10H2,1H3,(H,17,18). The van der Waals surface area contributed by atoms with Crippen molar-refractivity contribution in [3.05, 3.63) is 29.8 Å². The molecule has 104 valence electrons. The van der Waals surface area contributed by atoms with Crippen LogP contribution in [0.3, 0.4) is 0 Å². The number of benzene rings is 1. The summed E-state index contributed by atoms with van der Waals surface area (Å²) in [5, 5.41) is 3.09. The molecule has 1 N–H and O–H groups in total. The van der Waals surface area contributed by atoms with Gasteiger partial charge in [-0.25, -0.2) is 0 Å². The first-order valence-electron chi connectivity index (χ1n) is 6.81. The van der Waals surface area contributed by atoms with Gasteiger partial charge in [-0.2, -0.15) is 0 Å². The lowest BCUT2D eigenvalue weighted by molar-refractivity contribution is -0.122. The smallest absolute Gasteiger partial charge is 0.228 e. The maximum Gasteiger partial charge on any atom is 0.228 e. The Labute approximate surface area is 124 Å². The average Bonchev–Trinajstić information content (AvgIpc) is 2.87. The summed E-state index contributed by atoms with van der Waals surface area (Å²) < 4.78 is 0. The van der Waals surface area contributed by atoms with E-state index >= 15 is 0 Å². The van der Waals surface area contributed by atoms with Crippen molar-refractivity contribution >= 4 is 29.3 Å². The Hall–Kier alpha value is -0.670. The van der Waals surface area contributed by atoms with Gasteiger partial charge >= 0.3 is 0 Å². The first-order chi connectivity index (χ1) is 9.26. The highest BCUT2D eigenvalue weighted by Crippen LogP contribution is 2.39. The van der Waals surface area contributed by atoms with Gasteiger partial charge in [0.05, 0.1) is 5.92 Å². The van der Waals surface area contributed by atoms with Crippen molar-refractivity contribution < 1.29 is 4.79 Å². The largest absolute Gasteiger partial charge is 0.355 e. The van der Waals surface area contributed by atoms with Crippen molar-refractivity contribution in [2.75, 3.05) is 18.2 Å². The van der Waals surface area contributed by atoms with E-state index in [0.29, 0.717) is 11.8 Å². The molecule has 1 amide bonds. The molecule has 0 aromatic heterocycles. The van der Waals surface area contributed by atoms with Crippen LogP contribution in [-0.2, 0) is 4.79 Å². The maximum absolute atomic E-state index is 12.3. The fraction of sp³-hybridized carbons (Fsp3) is 0.533. The molecular weight excluding hydrogens is 278 g/mol. The number of carbonyl (C=O) groups excluding carboxylic acids is 1. The van der Waals surface area contributed by atoms with Crippen molar-refractivity contribution in [1.29, 1.82) is 0 Å². The summed E-state index contributed by atoms with van der Waals surface area (Å²) in [6.45, 7) is 2.88. The second-order valence-electron chi connectivity index (χ2n) is 4.90.